The first-order valence-corrected chi connectivity index (χ1v) is 10.4. The van der Waals surface area contributed by atoms with Gasteiger partial charge in [-0.1, -0.05) is 12.5 Å². The zero-order valence-corrected chi connectivity index (χ0v) is 16.8. The van der Waals surface area contributed by atoms with Crippen LogP contribution in [-0.2, 0) is 12.8 Å². The van der Waals surface area contributed by atoms with Gasteiger partial charge in [0.05, 0.1) is 5.56 Å². The zero-order valence-electron chi connectivity index (χ0n) is 16.8. The summed E-state index contributed by atoms with van der Waals surface area (Å²) in [5.41, 5.74) is 3.36. The summed E-state index contributed by atoms with van der Waals surface area (Å²) >= 11 is 0. The Morgan fingerprint density at radius 1 is 1.14 bits per heavy atom. The van der Waals surface area contributed by atoms with Gasteiger partial charge in [0.15, 0.2) is 0 Å². The minimum atomic E-state index is -0.116. The van der Waals surface area contributed by atoms with Crippen LogP contribution in [0.3, 0.4) is 0 Å². The third-order valence-electron chi connectivity index (χ3n) is 5.75. The zero-order chi connectivity index (χ0) is 19.5. The van der Waals surface area contributed by atoms with Crippen LogP contribution in [0, 0.1) is 0 Å². The van der Waals surface area contributed by atoms with Crippen LogP contribution in [-0.4, -0.2) is 41.0 Å². The molecule has 0 radical (unpaired) electrons. The number of hydrogen-bond acceptors (Lipinski definition) is 4. The smallest absolute Gasteiger partial charge is 0.253 e. The fraction of sp³-hybridized carbons (Fsp3) is 0.478. The highest BCUT2D eigenvalue weighted by Gasteiger charge is 2.26. The van der Waals surface area contributed by atoms with Crippen molar-refractivity contribution >= 4 is 5.91 Å². The molecule has 1 fully saturated rings. The summed E-state index contributed by atoms with van der Waals surface area (Å²) in [6.07, 6.45) is 7.86. The monoisotopic (exact) mass is 379 g/mol. The highest BCUT2D eigenvalue weighted by molar-refractivity contribution is 5.94. The van der Waals surface area contributed by atoms with Crippen molar-refractivity contribution in [1.29, 1.82) is 0 Å². The van der Waals surface area contributed by atoms with Crippen molar-refractivity contribution in [2.24, 2.45) is 0 Å². The Balaban J connectivity index is 1.41. The number of hydrogen-bond donors (Lipinski definition) is 1. The molecule has 1 aromatic carbocycles. The number of nitrogens with one attached hydrogen (secondary N) is 1. The molecule has 1 saturated carbocycles. The van der Waals surface area contributed by atoms with Gasteiger partial charge in [-0.25, -0.2) is 4.98 Å². The third kappa shape index (κ3) is 4.36. The SMILES string of the molecule is CC(C)NC(=O)c1ccc(Oc2ccc3c(c2)CCN(C2CCC2)CC3)nc1. The normalized spacial score (nSPS) is 17.5. The lowest BCUT2D eigenvalue weighted by Crippen LogP contribution is -2.41. The number of fused-ring (bicyclic) bond motifs is 1. The van der Waals surface area contributed by atoms with Crippen molar-refractivity contribution < 1.29 is 9.53 Å². The number of rotatable bonds is 5. The minimum Gasteiger partial charge on any atom is -0.439 e. The van der Waals surface area contributed by atoms with Gasteiger partial charge in [-0.2, -0.15) is 0 Å². The summed E-state index contributed by atoms with van der Waals surface area (Å²) in [5.74, 6) is 1.20. The van der Waals surface area contributed by atoms with Gasteiger partial charge in [-0.15, -0.1) is 0 Å². The second-order valence-electron chi connectivity index (χ2n) is 8.17. The molecular weight excluding hydrogens is 350 g/mol. The number of ether oxygens (including phenoxy) is 1. The molecule has 1 aromatic heterocycles. The second-order valence-corrected chi connectivity index (χ2v) is 8.17. The minimum absolute atomic E-state index is 0.100. The van der Waals surface area contributed by atoms with E-state index in [-0.39, 0.29) is 11.9 Å². The van der Waals surface area contributed by atoms with Crippen molar-refractivity contribution in [1.82, 2.24) is 15.2 Å². The van der Waals surface area contributed by atoms with E-state index >= 15 is 0 Å². The number of aromatic nitrogens is 1. The molecule has 0 unspecified atom stereocenters. The van der Waals surface area contributed by atoms with Crippen molar-refractivity contribution in [2.45, 2.75) is 58.0 Å². The first-order chi connectivity index (χ1) is 13.6. The van der Waals surface area contributed by atoms with Gasteiger partial charge in [-0.3, -0.25) is 9.69 Å². The summed E-state index contributed by atoms with van der Waals surface area (Å²) in [7, 11) is 0. The van der Waals surface area contributed by atoms with E-state index < -0.39 is 0 Å². The molecule has 0 saturated heterocycles. The average Bonchev–Trinajstić information content (AvgIpc) is 2.83. The number of benzene rings is 1. The van der Waals surface area contributed by atoms with Crippen LogP contribution in [0.2, 0.25) is 0 Å². The predicted octanol–water partition coefficient (Wildman–Crippen LogP) is 3.97. The van der Waals surface area contributed by atoms with Gasteiger partial charge in [-0.05, 0) is 68.9 Å². The van der Waals surface area contributed by atoms with Gasteiger partial charge in [0.25, 0.3) is 5.91 Å². The molecule has 28 heavy (non-hydrogen) atoms. The highest BCUT2D eigenvalue weighted by Crippen LogP contribution is 2.29. The summed E-state index contributed by atoms with van der Waals surface area (Å²) in [4.78, 5) is 19.0. The standard InChI is InChI=1S/C23H29N3O2/c1-16(2)25-23(27)19-7-9-22(24-15-19)28-21-8-6-17-10-12-26(20-4-3-5-20)13-11-18(17)14-21/h6-9,14-16,20H,3-5,10-13H2,1-2H3,(H,25,27). The largest absolute Gasteiger partial charge is 0.439 e. The maximum atomic E-state index is 12.0. The van der Waals surface area contributed by atoms with Crippen LogP contribution in [0.15, 0.2) is 36.5 Å². The van der Waals surface area contributed by atoms with Crippen LogP contribution >= 0.6 is 0 Å². The van der Waals surface area contributed by atoms with Gasteiger partial charge in [0.1, 0.15) is 5.75 Å². The molecule has 5 nitrogen and oxygen atoms in total. The molecule has 1 aliphatic heterocycles. The van der Waals surface area contributed by atoms with E-state index in [0.717, 1.165) is 31.2 Å². The molecule has 1 amide bonds. The van der Waals surface area contributed by atoms with Gasteiger partial charge in [0, 0.05) is 37.4 Å². The van der Waals surface area contributed by atoms with Crippen molar-refractivity contribution in [3.05, 3.63) is 53.2 Å². The summed E-state index contributed by atoms with van der Waals surface area (Å²) in [5, 5.41) is 2.86. The second kappa shape index (κ2) is 8.31. The van der Waals surface area contributed by atoms with Gasteiger partial charge in [0.2, 0.25) is 5.88 Å². The van der Waals surface area contributed by atoms with Crippen molar-refractivity contribution in [2.75, 3.05) is 13.1 Å². The number of nitrogens with zero attached hydrogens (tertiary/aromatic N) is 2. The number of carbonyl (C=O) groups is 1. The molecule has 0 bridgehead atoms. The summed E-state index contributed by atoms with van der Waals surface area (Å²) in [6.45, 7) is 6.18. The third-order valence-corrected chi connectivity index (χ3v) is 5.75. The van der Waals surface area contributed by atoms with E-state index in [0.29, 0.717) is 11.4 Å². The molecule has 148 valence electrons. The highest BCUT2D eigenvalue weighted by atomic mass is 16.5. The quantitative estimate of drug-likeness (QED) is 0.854. The Bertz CT molecular complexity index is 828. The molecule has 2 heterocycles. The van der Waals surface area contributed by atoms with Gasteiger partial charge < -0.3 is 10.1 Å². The van der Waals surface area contributed by atoms with Crippen LogP contribution < -0.4 is 10.1 Å². The number of pyridine rings is 1. The Kier molecular flexibility index (Phi) is 5.62. The Morgan fingerprint density at radius 3 is 2.57 bits per heavy atom. The van der Waals surface area contributed by atoms with Crippen LogP contribution in [0.4, 0.5) is 0 Å². The molecule has 0 spiro atoms. The maximum Gasteiger partial charge on any atom is 0.253 e. The lowest BCUT2D eigenvalue weighted by molar-refractivity contribution is 0.0942. The van der Waals surface area contributed by atoms with Gasteiger partial charge >= 0.3 is 0 Å². The van der Waals surface area contributed by atoms with Crippen LogP contribution in [0.25, 0.3) is 0 Å². The molecule has 2 aromatic rings. The van der Waals surface area contributed by atoms with E-state index in [4.69, 9.17) is 4.74 Å². The lowest BCUT2D eigenvalue weighted by Gasteiger charge is -2.36. The number of carbonyl (C=O) groups excluding carboxylic acids is 1. The first-order valence-electron chi connectivity index (χ1n) is 10.4. The molecule has 1 aliphatic carbocycles. The predicted molar refractivity (Wildman–Crippen MR) is 110 cm³/mol. The van der Waals surface area contributed by atoms with Crippen LogP contribution in [0.5, 0.6) is 11.6 Å². The molecule has 2 aliphatic rings. The maximum absolute atomic E-state index is 12.0. The molecule has 4 rings (SSSR count). The van der Waals surface area contributed by atoms with E-state index in [2.05, 4.69) is 27.3 Å². The molecular formula is C23H29N3O2. The summed E-state index contributed by atoms with van der Waals surface area (Å²) < 4.78 is 5.95. The van der Waals surface area contributed by atoms with E-state index in [1.165, 1.54) is 36.9 Å². The fourth-order valence-corrected chi connectivity index (χ4v) is 3.94. The number of amides is 1. The van der Waals surface area contributed by atoms with Crippen molar-refractivity contribution in [3.8, 4) is 11.6 Å². The van der Waals surface area contributed by atoms with Crippen LogP contribution in [0.1, 0.15) is 54.6 Å². The first kappa shape index (κ1) is 18.9. The van der Waals surface area contributed by atoms with Crippen molar-refractivity contribution in [3.63, 3.8) is 0 Å². The molecule has 1 N–H and O–H groups in total. The summed E-state index contributed by atoms with van der Waals surface area (Å²) in [6, 6.07) is 10.8. The fourth-order valence-electron chi connectivity index (χ4n) is 3.94. The average molecular weight is 380 g/mol. The lowest BCUT2D eigenvalue weighted by atomic mass is 9.91. The molecule has 0 atom stereocenters. The Morgan fingerprint density at radius 2 is 1.93 bits per heavy atom. The van der Waals surface area contributed by atoms with E-state index in [1.807, 2.05) is 19.9 Å². The van der Waals surface area contributed by atoms with E-state index in [1.54, 1.807) is 18.3 Å². The topological polar surface area (TPSA) is 54.5 Å². The van der Waals surface area contributed by atoms with E-state index in [9.17, 15) is 4.79 Å². The Hall–Kier alpha value is -2.40. The Labute approximate surface area is 167 Å². The molecule has 5 heteroatoms.